The van der Waals surface area contributed by atoms with Gasteiger partial charge in [-0.2, -0.15) is 0 Å². The number of rotatable bonds is 4. The van der Waals surface area contributed by atoms with Gasteiger partial charge in [-0.3, -0.25) is 0 Å². The van der Waals surface area contributed by atoms with Crippen molar-refractivity contribution in [1.29, 1.82) is 0 Å². The summed E-state index contributed by atoms with van der Waals surface area (Å²) in [5.74, 6) is 1.86. The highest BCUT2D eigenvalue weighted by Gasteiger charge is 2.48. The van der Waals surface area contributed by atoms with Crippen LogP contribution in [0.15, 0.2) is 0 Å². The molecule has 12 heavy (non-hydrogen) atoms. The van der Waals surface area contributed by atoms with E-state index >= 15 is 0 Å². The van der Waals surface area contributed by atoms with Crippen molar-refractivity contribution in [3.8, 4) is 0 Å². The summed E-state index contributed by atoms with van der Waals surface area (Å²) in [4.78, 5) is 0. The summed E-state index contributed by atoms with van der Waals surface area (Å²) in [5.41, 5.74) is 0.349. The largest absolute Gasteiger partial charge is 0.393 e. The van der Waals surface area contributed by atoms with Gasteiger partial charge in [0.05, 0.1) is 6.10 Å². The molecule has 2 saturated carbocycles. The van der Waals surface area contributed by atoms with Crippen LogP contribution in [0, 0.1) is 17.3 Å². The Balaban J connectivity index is 1.84. The Hall–Kier alpha value is -0.0400. The van der Waals surface area contributed by atoms with E-state index in [1.807, 2.05) is 6.92 Å². The van der Waals surface area contributed by atoms with Crippen molar-refractivity contribution in [2.24, 2.45) is 17.3 Å². The van der Waals surface area contributed by atoms with E-state index in [0.29, 0.717) is 5.41 Å². The smallest absolute Gasteiger partial charge is 0.0568 e. The van der Waals surface area contributed by atoms with Crippen LogP contribution in [0.25, 0.3) is 0 Å². The standard InChI is InChI=1S/C11H20O/c1-8(10-3-4-10)7-11(5-6-11)9(2)12/h8-10,12H,3-7H2,1-2H3. The zero-order valence-corrected chi connectivity index (χ0v) is 8.21. The maximum atomic E-state index is 9.59. The minimum absolute atomic E-state index is 0.0706. The summed E-state index contributed by atoms with van der Waals surface area (Å²) < 4.78 is 0. The van der Waals surface area contributed by atoms with Crippen LogP contribution in [0.2, 0.25) is 0 Å². The van der Waals surface area contributed by atoms with Gasteiger partial charge in [-0.05, 0) is 56.3 Å². The van der Waals surface area contributed by atoms with E-state index in [1.54, 1.807) is 0 Å². The average molecular weight is 168 g/mol. The van der Waals surface area contributed by atoms with Crippen LogP contribution in [0.3, 0.4) is 0 Å². The van der Waals surface area contributed by atoms with Gasteiger partial charge in [0.2, 0.25) is 0 Å². The van der Waals surface area contributed by atoms with Gasteiger partial charge in [-0.15, -0.1) is 0 Å². The van der Waals surface area contributed by atoms with Crippen LogP contribution in [-0.4, -0.2) is 11.2 Å². The lowest BCUT2D eigenvalue weighted by atomic mass is 9.86. The molecule has 0 heterocycles. The molecule has 0 aliphatic heterocycles. The van der Waals surface area contributed by atoms with Crippen LogP contribution in [0.5, 0.6) is 0 Å². The molecule has 0 spiro atoms. The molecule has 1 N–H and O–H groups in total. The first-order valence-corrected chi connectivity index (χ1v) is 5.32. The van der Waals surface area contributed by atoms with E-state index in [-0.39, 0.29) is 6.10 Å². The Morgan fingerprint density at radius 3 is 2.25 bits per heavy atom. The van der Waals surface area contributed by atoms with Crippen molar-refractivity contribution in [3.63, 3.8) is 0 Å². The monoisotopic (exact) mass is 168 g/mol. The zero-order chi connectivity index (χ0) is 8.77. The lowest BCUT2D eigenvalue weighted by Crippen LogP contribution is -2.21. The number of hydrogen-bond donors (Lipinski definition) is 1. The molecule has 0 aromatic heterocycles. The highest BCUT2D eigenvalue weighted by molar-refractivity contribution is 4.99. The van der Waals surface area contributed by atoms with Crippen molar-refractivity contribution in [1.82, 2.24) is 0 Å². The van der Waals surface area contributed by atoms with E-state index < -0.39 is 0 Å². The fourth-order valence-corrected chi connectivity index (χ4v) is 2.43. The molecular formula is C11H20O. The van der Waals surface area contributed by atoms with Crippen LogP contribution >= 0.6 is 0 Å². The van der Waals surface area contributed by atoms with Gasteiger partial charge >= 0.3 is 0 Å². The molecule has 0 saturated heterocycles. The van der Waals surface area contributed by atoms with Crippen molar-refractivity contribution in [3.05, 3.63) is 0 Å². The maximum Gasteiger partial charge on any atom is 0.0568 e. The second-order valence-electron chi connectivity index (χ2n) is 5.06. The molecular weight excluding hydrogens is 148 g/mol. The van der Waals surface area contributed by atoms with Crippen LogP contribution in [0.4, 0.5) is 0 Å². The molecule has 1 nitrogen and oxygen atoms in total. The summed E-state index contributed by atoms with van der Waals surface area (Å²) in [5, 5.41) is 9.59. The molecule has 70 valence electrons. The normalized spacial score (nSPS) is 31.2. The Morgan fingerprint density at radius 1 is 1.33 bits per heavy atom. The molecule has 0 radical (unpaired) electrons. The third kappa shape index (κ3) is 1.52. The summed E-state index contributed by atoms with van der Waals surface area (Å²) in [6.07, 6.45) is 6.62. The first kappa shape index (κ1) is 8.55. The minimum Gasteiger partial charge on any atom is -0.393 e. The number of aliphatic hydroxyl groups excluding tert-OH is 1. The average Bonchev–Trinajstić information content (AvgIpc) is 2.84. The van der Waals surface area contributed by atoms with E-state index in [0.717, 1.165) is 11.8 Å². The fourth-order valence-electron chi connectivity index (χ4n) is 2.43. The first-order valence-electron chi connectivity index (χ1n) is 5.32. The van der Waals surface area contributed by atoms with Gasteiger partial charge in [0.25, 0.3) is 0 Å². The predicted molar refractivity (Wildman–Crippen MR) is 49.9 cm³/mol. The van der Waals surface area contributed by atoms with Gasteiger partial charge in [0, 0.05) is 0 Å². The van der Waals surface area contributed by atoms with Crippen LogP contribution in [-0.2, 0) is 0 Å². The molecule has 0 aromatic rings. The Kier molecular flexibility index (Phi) is 1.95. The molecule has 0 bridgehead atoms. The molecule has 0 aromatic carbocycles. The Morgan fingerprint density at radius 2 is 1.92 bits per heavy atom. The molecule has 1 heteroatoms. The zero-order valence-electron chi connectivity index (χ0n) is 8.21. The Labute approximate surface area is 75.2 Å². The summed E-state index contributed by atoms with van der Waals surface area (Å²) in [6, 6.07) is 0. The van der Waals surface area contributed by atoms with E-state index in [9.17, 15) is 5.11 Å². The summed E-state index contributed by atoms with van der Waals surface area (Å²) in [7, 11) is 0. The molecule has 0 amide bonds. The molecule has 2 rings (SSSR count). The second kappa shape index (κ2) is 2.73. The highest BCUT2D eigenvalue weighted by atomic mass is 16.3. The van der Waals surface area contributed by atoms with Crippen molar-refractivity contribution in [2.75, 3.05) is 0 Å². The van der Waals surface area contributed by atoms with Crippen LogP contribution < -0.4 is 0 Å². The van der Waals surface area contributed by atoms with E-state index in [1.165, 1.54) is 32.1 Å². The van der Waals surface area contributed by atoms with Crippen molar-refractivity contribution < 1.29 is 5.11 Å². The quantitative estimate of drug-likeness (QED) is 0.684. The third-order valence-electron chi connectivity index (χ3n) is 3.93. The number of hydrogen-bond acceptors (Lipinski definition) is 1. The molecule has 2 atom stereocenters. The van der Waals surface area contributed by atoms with Gasteiger partial charge in [-0.25, -0.2) is 0 Å². The lowest BCUT2D eigenvalue weighted by Gasteiger charge is -2.22. The second-order valence-corrected chi connectivity index (χ2v) is 5.06. The SMILES string of the molecule is CC(CC1(C(C)O)CC1)C1CC1. The maximum absolute atomic E-state index is 9.59. The van der Waals surface area contributed by atoms with Gasteiger partial charge in [0.15, 0.2) is 0 Å². The van der Waals surface area contributed by atoms with Gasteiger partial charge in [-0.1, -0.05) is 6.92 Å². The van der Waals surface area contributed by atoms with Crippen molar-refractivity contribution in [2.45, 2.75) is 52.1 Å². The van der Waals surface area contributed by atoms with Gasteiger partial charge < -0.3 is 5.11 Å². The first-order chi connectivity index (χ1) is 5.64. The summed E-state index contributed by atoms with van der Waals surface area (Å²) >= 11 is 0. The topological polar surface area (TPSA) is 20.2 Å². The minimum atomic E-state index is -0.0706. The third-order valence-corrected chi connectivity index (χ3v) is 3.93. The van der Waals surface area contributed by atoms with Gasteiger partial charge in [0.1, 0.15) is 0 Å². The highest BCUT2D eigenvalue weighted by Crippen LogP contribution is 2.56. The van der Waals surface area contributed by atoms with E-state index in [2.05, 4.69) is 6.92 Å². The van der Waals surface area contributed by atoms with Crippen LogP contribution in [0.1, 0.15) is 46.0 Å². The molecule has 2 aliphatic carbocycles. The number of aliphatic hydroxyl groups is 1. The Bertz CT molecular complexity index is 166. The molecule has 2 aliphatic rings. The van der Waals surface area contributed by atoms with Crippen molar-refractivity contribution >= 4 is 0 Å². The summed E-state index contributed by atoms with van der Waals surface area (Å²) in [6.45, 7) is 4.33. The lowest BCUT2D eigenvalue weighted by molar-refractivity contribution is 0.0914. The molecule has 2 unspecified atom stereocenters. The van der Waals surface area contributed by atoms with E-state index in [4.69, 9.17) is 0 Å². The molecule has 2 fully saturated rings. The fraction of sp³-hybridized carbons (Fsp3) is 1.00. The predicted octanol–water partition coefficient (Wildman–Crippen LogP) is 2.58.